The van der Waals surface area contributed by atoms with Gasteiger partial charge in [-0.25, -0.2) is 0 Å². The van der Waals surface area contributed by atoms with Crippen LogP contribution in [0.25, 0.3) is 0 Å². The molecule has 0 saturated heterocycles. The molecule has 264 valence electrons. The van der Waals surface area contributed by atoms with Crippen molar-refractivity contribution in [3.05, 3.63) is 11.6 Å². The maximum absolute atomic E-state index is 3.66. The van der Waals surface area contributed by atoms with Crippen LogP contribution in [-0.4, -0.2) is 118 Å². The van der Waals surface area contributed by atoms with Crippen molar-refractivity contribution in [3.63, 3.8) is 0 Å². The average molecular weight is 626 g/mol. The normalized spacial score (nSPS) is 12.0. The summed E-state index contributed by atoms with van der Waals surface area (Å²) in [6.07, 6.45) is 17.5. The second kappa shape index (κ2) is 40.4. The van der Waals surface area contributed by atoms with Crippen LogP contribution in [0.1, 0.15) is 97.8 Å². The lowest BCUT2D eigenvalue weighted by atomic mass is 10.2. The van der Waals surface area contributed by atoms with E-state index >= 15 is 0 Å². The Kier molecular flexibility index (Phi) is 39.8. The molecule has 0 fully saturated rings. The highest BCUT2D eigenvalue weighted by Gasteiger charge is 1.98. The molecule has 9 nitrogen and oxygen atoms in total. The molecule has 0 saturated carbocycles. The summed E-state index contributed by atoms with van der Waals surface area (Å²) >= 11 is 0. The number of unbranched alkanes of at least 4 members (excludes halogenated alkanes) is 6. The summed E-state index contributed by atoms with van der Waals surface area (Å²) < 4.78 is 0. The minimum atomic E-state index is 0.966. The Morgan fingerprint density at radius 1 is 0.318 bits per heavy atom. The van der Waals surface area contributed by atoms with Crippen molar-refractivity contribution < 1.29 is 0 Å². The first kappa shape index (κ1) is 43.4. The summed E-state index contributed by atoms with van der Waals surface area (Å²) in [6, 6.07) is 0. The van der Waals surface area contributed by atoms with Gasteiger partial charge in [0.05, 0.1) is 0 Å². The maximum Gasteiger partial charge on any atom is 0.0177 e. The highest BCUT2D eigenvalue weighted by atomic mass is 14.9. The first-order chi connectivity index (χ1) is 21.8. The first-order valence-corrected chi connectivity index (χ1v) is 18.9. The van der Waals surface area contributed by atoms with Gasteiger partial charge in [-0.2, -0.15) is 0 Å². The van der Waals surface area contributed by atoms with E-state index in [2.05, 4.69) is 74.7 Å². The van der Waals surface area contributed by atoms with Crippen molar-refractivity contribution in [1.29, 1.82) is 0 Å². The maximum atomic E-state index is 3.66. The molecule has 0 heterocycles. The van der Waals surface area contributed by atoms with Crippen LogP contribution in [0.4, 0.5) is 0 Å². The van der Waals surface area contributed by atoms with Gasteiger partial charge in [0.25, 0.3) is 0 Å². The zero-order valence-corrected chi connectivity index (χ0v) is 29.8. The molecular formula is C35H79N9. The molecule has 0 aliphatic heterocycles. The molecule has 0 aromatic rings. The molecule has 0 aromatic heterocycles. The molecule has 0 aliphatic rings. The Hall–Kier alpha value is -0.620. The summed E-state index contributed by atoms with van der Waals surface area (Å²) in [4.78, 5) is 0. The lowest BCUT2D eigenvalue weighted by molar-refractivity contribution is 0.544. The van der Waals surface area contributed by atoms with Crippen LogP contribution in [0.3, 0.4) is 0 Å². The van der Waals surface area contributed by atoms with E-state index in [-0.39, 0.29) is 0 Å². The highest BCUT2D eigenvalue weighted by Crippen LogP contribution is 1.94. The van der Waals surface area contributed by atoms with E-state index in [0.29, 0.717) is 0 Å². The van der Waals surface area contributed by atoms with Crippen molar-refractivity contribution in [2.45, 2.75) is 97.8 Å². The lowest BCUT2D eigenvalue weighted by Gasteiger charge is -2.11. The van der Waals surface area contributed by atoms with Crippen LogP contribution < -0.4 is 47.9 Å². The van der Waals surface area contributed by atoms with Gasteiger partial charge in [0, 0.05) is 19.6 Å². The molecule has 0 bridgehead atoms. The molecule has 44 heavy (non-hydrogen) atoms. The molecule has 9 N–H and O–H groups in total. The van der Waals surface area contributed by atoms with Crippen molar-refractivity contribution in [1.82, 2.24) is 47.9 Å². The summed E-state index contributed by atoms with van der Waals surface area (Å²) in [5, 5.41) is 31.9. The van der Waals surface area contributed by atoms with Crippen LogP contribution in [0.5, 0.6) is 0 Å². The molecule has 0 rings (SSSR count). The second-order valence-corrected chi connectivity index (χ2v) is 12.0. The van der Waals surface area contributed by atoms with Gasteiger partial charge < -0.3 is 47.9 Å². The smallest absolute Gasteiger partial charge is 0.0177 e. The SMILES string of the molecule is CCNCCCCNCCCCNCCCCNC/C=C(/CNCC)CNCCCCNCCCCNCCCCNCC. The van der Waals surface area contributed by atoms with E-state index in [0.717, 1.165) is 118 Å². The summed E-state index contributed by atoms with van der Waals surface area (Å²) in [6.45, 7) is 26.3. The molecule has 0 aromatic carbocycles. The Balaban J connectivity index is 3.50. The number of hydrogen-bond donors (Lipinski definition) is 9. The summed E-state index contributed by atoms with van der Waals surface area (Å²) in [5.74, 6) is 0. The van der Waals surface area contributed by atoms with Crippen LogP contribution in [-0.2, 0) is 0 Å². The van der Waals surface area contributed by atoms with Gasteiger partial charge in [0.15, 0.2) is 0 Å². The molecule has 0 atom stereocenters. The van der Waals surface area contributed by atoms with Crippen molar-refractivity contribution in [2.75, 3.05) is 118 Å². The summed E-state index contributed by atoms with van der Waals surface area (Å²) in [7, 11) is 0. The van der Waals surface area contributed by atoms with E-state index in [1.165, 1.54) is 82.6 Å². The van der Waals surface area contributed by atoms with Gasteiger partial charge in [-0.1, -0.05) is 26.8 Å². The fourth-order valence-corrected chi connectivity index (χ4v) is 4.91. The third-order valence-corrected chi connectivity index (χ3v) is 7.73. The number of hydrogen-bond acceptors (Lipinski definition) is 9. The van der Waals surface area contributed by atoms with E-state index < -0.39 is 0 Å². The quantitative estimate of drug-likeness (QED) is 0.0377. The van der Waals surface area contributed by atoms with Crippen molar-refractivity contribution in [3.8, 4) is 0 Å². The van der Waals surface area contributed by atoms with Crippen molar-refractivity contribution in [2.24, 2.45) is 0 Å². The number of nitrogens with one attached hydrogen (secondary N) is 9. The molecular weight excluding hydrogens is 546 g/mol. The van der Waals surface area contributed by atoms with E-state index in [4.69, 9.17) is 0 Å². The largest absolute Gasteiger partial charge is 0.317 e. The fourth-order valence-electron chi connectivity index (χ4n) is 4.91. The van der Waals surface area contributed by atoms with Crippen molar-refractivity contribution >= 4 is 0 Å². The van der Waals surface area contributed by atoms with E-state index in [9.17, 15) is 0 Å². The van der Waals surface area contributed by atoms with Gasteiger partial charge in [0.2, 0.25) is 0 Å². The monoisotopic (exact) mass is 626 g/mol. The van der Waals surface area contributed by atoms with Crippen LogP contribution in [0.2, 0.25) is 0 Å². The zero-order valence-electron chi connectivity index (χ0n) is 29.8. The van der Waals surface area contributed by atoms with Gasteiger partial charge in [-0.3, -0.25) is 0 Å². The fraction of sp³-hybridized carbons (Fsp3) is 0.943. The molecule has 0 radical (unpaired) electrons. The third kappa shape index (κ3) is 37.6. The Morgan fingerprint density at radius 3 is 0.932 bits per heavy atom. The van der Waals surface area contributed by atoms with Gasteiger partial charge >= 0.3 is 0 Å². The van der Waals surface area contributed by atoms with Gasteiger partial charge in [0.1, 0.15) is 0 Å². The standard InChI is InChI=1S/C35H79N9/c1-4-36-20-7-9-22-39-24-11-13-26-41-28-15-16-30-43-32-19-35(33-38-6-3)34-44-31-18-17-29-42-27-14-12-25-40-23-10-8-21-37-5-2/h19,36-44H,4-18,20-34H2,1-3H3/b35-19-. The Morgan fingerprint density at radius 2 is 0.591 bits per heavy atom. The van der Waals surface area contributed by atoms with E-state index in [1.807, 2.05) is 0 Å². The number of rotatable bonds is 39. The number of likely N-dealkylation sites (N-methyl/N-ethyl adjacent to an activating group) is 1. The first-order valence-electron chi connectivity index (χ1n) is 18.9. The molecule has 0 spiro atoms. The van der Waals surface area contributed by atoms with E-state index in [1.54, 1.807) is 0 Å². The molecule has 0 amide bonds. The minimum Gasteiger partial charge on any atom is -0.317 e. The lowest BCUT2D eigenvalue weighted by Crippen LogP contribution is -2.27. The second-order valence-electron chi connectivity index (χ2n) is 12.0. The average Bonchev–Trinajstić information content (AvgIpc) is 3.04. The van der Waals surface area contributed by atoms with Crippen LogP contribution in [0.15, 0.2) is 11.6 Å². The summed E-state index contributed by atoms with van der Waals surface area (Å²) in [5.41, 5.74) is 1.47. The predicted molar refractivity (Wildman–Crippen MR) is 196 cm³/mol. The molecule has 0 unspecified atom stereocenters. The third-order valence-electron chi connectivity index (χ3n) is 7.73. The van der Waals surface area contributed by atoms with Gasteiger partial charge in [-0.05, 0) is 181 Å². The molecule has 9 heteroatoms. The minimum absolute atomic E-state index is 0.966. The highest BCUT2D eigenvalue weighted by molar-refractivity contribution is 5.07. The van der Waals surface area contributed by atoms with Crippen LogP contribution in [0, 0.1) is 0 Å². The topological polar surface area (TPSA) is 108 Å². The Bertz CT molecular complexity index is 548. The van der Waals surface area contributed by atoms with Crippen LogP contribution >= 0.6 is 0 Å². The molecule has 0 aliphatic carbocycles. The zero-order chi connectivity index (χ0) is 31.9. The Labute approximate surface area is 274 Å². The predicted octanol–water partition coefficient (Wildman–Crippen LogP) is 2.96. The van der Waals surface area contributed by atoms with Gasteiger partial charge in [-0.15, -0.1) is 0 Å².